The Bertz CT molecular complexity index is 772. The summed E-state index contributed by atoms with van der Waals surface area (Å²) >= 11 is 0. The lowest BCUT2D eigenvalue weighted by molar-refractivity contribution is 0.0196. The normalized spacial score (nSPS) is 20.0. The fourth-order valence-corrected chi connectivity index (χ4v) is 3.89. The fourth-order valence-electron chi connectivity index (χ4n) is 3.89. The molecular weight excluding hydrogens is 329 g/mol. The summed E-state index contributed by atoms with van der Waals surface area (Å²) in [6.07, 6.45) is 3.25. The molecule has 1 aliphatic rings. The number of carbonyl (C=O) groups excluding carboxylic acids is 1. The van der Waals surface area contributed by atoms with Gasteiger partial charge in [0.2, 0.25) is 0 Å². The highest BCUT2D eigenvalue weighted by atomic mass is 19.1. The molecule has 0 radical (unpaired) electrons. The maximum absolute atomic E-state index is 13.3. The number of halogens is 1. The van der Waals surface area contributed by atoms with E-state index in [1.807, 2.05) is 38.1 Å². The highest BCUT2D eigenvalue weighted by molar-refractivity contribution is 5.95. The van der Waals surface area contributed by atoms with E-state index in [2.05, 4.69) is 0 Å². The van der Waals surface area contributed by atoms with Crippen LogP contribution < -0.4 is 0 Å². The molecular formula is C22H26FNO2. The summed E-state index contributed by atoms with van der Waals surface area (Å²) in [4.78, 5) is 14.7. The Morgan fingerprint density at radius 1 is 1.15 bits per heavy atom. The molecule has 0 bridgehead atoms. The van der Waals surface area contributed by atoms with E-state index in [9.17, 15) is 14.3 Å². The van der Waals surface area contributed by atoms with Crippen molar-refractivity contribution >= 4 is 5.91 Å². The molecule has 2 aromatic rings. The van der Waals surface area contributed by atoms with Crippen LogP contribution in [0.25, 0.3) is 11.1 Å². The number of hydrogen-bond acceptors (Lipinski definition) is 2. The number of aliphatic hydroxyl groups is 1. The number of aliphatic hydroxyl groups excluding tert-OH is 1. The summed E-state index contributed by atoms with van der Waals surface area (Å²) in [6, 6.07) is 12.1. The molecule has 0 heterocycles. The second-order valence-electron chi connectivity index (χ2n) is 7.05. The van der Waals surface area contributed by atoms with Gasteiger partial charge < -0.3 is 10.0 Å². The Morgan fingerprint density at radius 3 is 2.46 bits per heavy atom. The first kappa shape index (κ1) is 18.6. The molecule has 1 amide bonds. The number of likely N-dealkylation sites (N-methyl/N-ethyl adjacent to an activating group) is 1. The van der Waals surface area contributed by atoms with Crippen molar-refractivity contribution in [2.24, 2.45) is 0 Å². The van der Waals surface area contributed by atoms with Crippen molar-refractivity contribution < 1.29 is 14.3 Å². The quantitative estimate of drug-likeness (QED) is 0.873. The van der Waals surface area contributed by atoms with Gasteiger partial charge in [0.1, 0.15) is 5.82 Å². The molecule has 4 heteroatoms. The summed E-state index contributed by atoms with van der Waals surface area (Å²) < 4.78 is 13.3. The molecule has 3 rings (SSSR count). The van der Waals surface area contributed by atoms with Gasteiger partial charge in [-0.15, -0.1) is 0 Å². The summed E-state index contributed by atoms with van der Waals surface area (Å²) in [6.45, 7) is 4.41. The van der Waals surface area contributed by atoms with Crippen molar-refractivity contribution in [3.05, 3.63) is 59.4 Å². The van der Waals surface area contributed by atoms with Crippen molar-refractivity contribution in [3.8, 4) is 11.1 Å². The van der Waals surface area contributed by atoms with Gasteiger partial charge in [0.05, 0.1) is 12.1 Å². The van der Waals surface area contributed by atoms with Crippen LogP contribution in [0.4, 0.5) is 4.39 Å². The van der Waals surface area contributed by atoms with Gasteiger partial charge in [-0.1, -0.05) is 31.0 Å². The minimum atomic E-state index is -0.436. The van der Waals surface area contributed by atoms with E-state index >= 15 is 0 Å². The van der Waals surface area contributed by atoms with Crippen LogP contribution in [0.15, 0.2) is 42.5 Å². The zero-order valence-corrected chi connectivity index (χ0v) is 15.4. The number of amides is 1. The predicted molar refractivity (Wildman–Crippen MR) is 102 cm³/mol. The molecule has 2 atom stereocenters. The van der Waals surface area contributed by atoms with Crippen molar-refractivity contribution in [3.63, 3.8) is 0 Å². The van der Waals surface area contributed by atoms with Crippen molar-refractivity contribution in [2.75, 3.05) is 6.54 Å². The Hall–Kier alpha value is -2.20. The van der Waals surface area contributed by atoms with Gasteiger partial charge in [0.15, 0.2) is 0 Å². The molecule has 3 nitrogen and oxygen atoms in total. The minimum absolute atomic E-state index is 0.0409. The molecule has 0 aliphatic heterocycles. The molecule has 1 saturated carbocycles. The average Bonchev–Trinajstić information content (AvgIpc) is 2.64. The van der Waals surface area contributed by atoms with Gasteiger partial charge in [0.25, 0.3) is 5.91 Å². The molecule has 1 N–H and O–H groups in total. The van der Waals surface area contributed by atoms with E-state index in [-0.39, 0.29) is 17.8 Å². The Labute approximate surface area is 154 Å². The summed E-state index contributed by atoms with van der Waals surface area (Å²) in [5, 5.41) is 10.3. The molecule has 0 aromatic heterocycles. The maximum Gasteiger partial charge on any atom is 0.254 e. The standard InChI is InChI=1S/C22H26FNO2/c1-3-24(20-6-4-5-7-21(20)25)22(26)17-10-8-16(9-11-17)19-13-12-18(23)14-15(19)2/h8-14,20-21,25H,3-7H2,1-2H3/t20-,21-/m1/s1. The van der Waals surface area contributed by atoms with Crippen LogP contribution in [0.2, 0.25) is 0 Å². The van der Waals surface area contributed by atoms with Crippen LogP contribution in [0.3, 0.4) is 0 Å². The third kappa shape index (κ3) is 3.80. The van der Waals surface area contributed by atoms with Gasteiger partial charge in [-0.2, -0.15) is 0 Å². The van der Waals surface area contributed by atoms with Crippen LogP contribution in [0, 0.1) is 12.7 Å². The number of hydrogen-bond donors (Lipinski definition) is 1. The Kier molecular flexibility index (Phi) is 5.72. The molecule has 26 heavy (non-hydrogen) atoms. The highest BCUT2D eigenvalue weighted by Crippen LogP contribution is 2.27. The molecule has 0 saturated heterocycles. The number of nitrogens with zero attached hydrogens (tertiary/aromatic N) is 1. The van der Waals surface area contributed by atoms with E-state index in [0.29, 0.717) is 12.1 Å². The van der Waals surface area contributed by atoms with E-state index in [4.69, 9.17) is 0 Å². The summed E-state index contributed by atoms with van der Waals surface area (Å²) in [5.74, 6) is -0.288. The molecule has 0 unspecified atom stereocenters. The molecule has 1 aliphatic carbocycles. The molecule has 2 aromatic carbocycles. The lowest BCUT2D eigenvalue weighted by Gasteiger charge is -2.37. The minimum Gasteiger partial charge on any atom is -0.391 e. The Balaban J connectivity index is 1.81. The van der Waals surface area contributed by atoms with Gasteiger partial charge in [-0.05, 0) is 67.6 Å². The van der Waals surface area contributed by atoms with Crippen molar-refractivity contribution in [1.82, 2.24) is 4.90 Å². The van der Waals surface area contributed by atoms with Crippen LogP contribution in [0.5, 0.6) is 0 Å². The van der Waals surface area contributed by atoms with Gasteiger partial charge in [-0.25, -0.2) is 4.39 Å². The van der Waals surface area contributed by atoms with E-state index in [1.54, 1.807) is 11.0 Å². The third-order valence-electron chi connectivity index (χ3n) is 5.33. The molecule has 0 spiro atoms. The van der Waals surface area contributed by atoms with Crippen LogP contribution >= 0.6 is 0 Å². The SMILES string of the molecule is CCN(C(=O)c1ccc(-c2ccc(F)cc2C)cc1)[C@@H]1CCCC[C@H]1O. The second-order valence-corrected chi connectivity index (χ2v) is 7.05. The Morgan fingerprint density at radius 2 is 1.85 bits per heavy atom. The van der Waals surface area contributed by atoms with Crippen LogP contribution in [-0.4, -0.2) is 34.6 Å². The fraction of sp³-hybridized carbons (Fsp3) is 0.409. The number of carbonyl (C=O) groups is 1. The van der Waals surface area contributed by atoms with Crippen molar-refractivity contribution in [1.29, 1.82) is 0 Å². The number of benzene rings is 2. The summed E-state index contributed by atoms with van der Waals surface area (Å²) in [7, 11) is 0. The molecule has 1 fully saturated rings. The van der Waals surface area contributed by atoms with E-state index in [0.717, 1.165) is 42.4 Å². The van der Waals surface area contributed by atoms with Crippen LogP contribution in [-0.2, 0) is 0 Å². The van der Waals surface area contributed by atoms with Crippen molar-refractivity contribution in [2.45, 2.75) is 51.7 Å². The molecule has 138 valence electrons. The monoisotopic (exact) mass is 355 g/mol. The van der Waals surface area contributed by atoms with Gasteiger partial charge in [0, 0.05) is 12.1 Å². The van der Waals surface area contributed by atoms with E-state index < -0.39 is 6.10 Å². The average molecular weight is 355 g/mol. The highest BCUT2D eigenvalue weighted by Gasteiger charge is 2.31. The van der Waals surface area contributed by atoms with Gasteiger partial charge in [-0.3, -0.25) is 4.79 Å². The first-order valence-electron chi connectivity index (χ1n) is 9.37. The van der Waals surface area contributed by atoms with E-state index in [1.165, 1.54) is 12.1 Å². The maximum atomic E-state index is 13.3. The van der Waals surface area contributed by atoms with Crippen LogP contribution in [0.1, 0.15) is 48.5 Å². The second kappa shape index (κ2) is 8.00. The topological polar surface area (TPSA) is 40.5 Å². The number of rotatable bonds is 4. The third-order valence-corrected chi connectivity index (χ3v) is 5.33. The predicted octanol–water partition coefficient (Wildman–Crippen LogP) is 4.57. The largest absolute Gasteiger partial charge is 0.391 e. The lowest BCUT2D eigenvalue weighted by Crippen LogP contribution is -2.48. The zero-order chi connectivity index (χ0) is 18.7. The first-order chi connectivity index (χ1) is 12.5. The summed E-state index contributed by atoms with van der Waals surface area (Å²) in [5.41, 5.74) is 3.40. The number of aryl methyl sites for hydroxylation is 1. The first-order valence-corrected chi connectivity index (χ1v) is 9.37. The smallest absolute Gasteiger partial charge is 0.254 e. The zero-order valence-electron chi connectivity index (χ0n) is 15.4. The lowest BCUT2D eigenvalue weighted by atomic mass is 9.91. The van der Waals surface area contributed by atoms with Gasteiger partial charge >= 0.3 is 0 Å².